The van der Waals surface area contributed by atoms with Crippen molar-refractivity contribution in [2.45, 2.75) is 0 Å². The van der Waals surface area contributed by atoms with Gasteiger partial charge in [0.15, 0.2) is 12.6 Å². The van der Waals surface area contributed by atoms with Gasteiger partial charge in [-0.1, -0.05) is 0 Å². The predicted molar refractivity (Wildman–Crippen MR) is 53.9 cm³/mol. The van der Waals surface area contributed by atoms with Crippen LogP contribution in [0.15, 0.2) is 12.1 Å². The van der Waals surface area contributed by atoms with Gasteiger partial charge in [-0.05, 0) is 6.07 Å². The second-order valence-corrected chi connectivity index (χ2v) is 2.76. The first-order valence-corrected chi connectivity index (χ1v) is 4.14. The number of aliphatic hydroxyl groups is 1. The fourth-order valence-corrected chi connectivity index (χ4v) is 1.18. The first-order valence-electron chi connectivity index (χ1n) is 4.14. The maximum absolute atomic E-state index is 8.56. The molecule has 2 heterocycles. The summed E-state index contributed by atoms with van der Waals surface area (Å²) in [6.07, 6.45) is 0. The Morgan fingerprint density at radius 1 is 1.20 bits per heavy atom. The van der Waals surface area contributed by atoms with E-state index in [0.29, 0.717) is 11.0 Å². The van der Waals surface area contributed by atoms with Crippen LogP contribution in [0.4, 0.5) is 11.8 Å². The summed E-state index contributed by atoms with van der Waals surface area (Å²) >= 11 is 0. The van der Waals surface area contributed by atoms with E-state index in [1.165, 1.54) is 0 Å². The Kier molecular flexibility index (Phi) is 2.22. The molecule has 2 aromatic heterocycles. The molecular formula is C8H9N5O2. The van der Waals surface area contributed by atoms with Gasteiger partial charge < -0.3 is 21.3 Å². The van der Waals surface area contributed by atoms with Crippen molar-refractivity contribution in [2.24, 2.45) is 0 Å². The Balaban J connectivity index is 2.60. The highest BCUT2D eigenvalue weighted by atomic mass is 16.6. The molecule has 0 aliphatic carbocycles. The number of aromatic nitrogens is 3. The fraction of sp³-hybridized carbons (Fsp3) is 0.125. The smallest absolute Gasteiger partial charge is 0.222 e. The van der Waals surface area contributed by atoms with Gasteiger partial charge in [0.05, 0.1) is 5.52 Å². The minimum absolute atomic E-state index is 0.0950. The van der Waals surface area contributed by atoms with E-state index in [0.717, 1.165) is 0 Å². The molecular weight excluding hydrogens is 198 g/mol. The average Bonchev–Trinajstić information content (AvgIpc) is 2.19. The maximum Gasteiger partial charge on any atom is 0.222 e. The summed E-state index contributed by atoms with van der Waals surface area (Å²) < 4.78 is 4.80. The number of fused-ring (bicyclic) bond motifs is 1. The van der Waals surface area contributed by atoms with Gasteiger partial charge in [0.1, 0.15) is 5.52 Å². The van der Waals surface area contributed by atoms with Gasteiger partial charge in [0, 0.05) is 6.07 Å². The van der Waals surface area contributed by atoms with E-state index >= 15 is 0 Å². The molecule has 7 heteroatoms. The molecule has 0 aromatic carbocycles. The molecule has 0 unspecified atom stereocenters. The summed E-state index contributed by atoms with van der Waals surface area (Å²) in [7, 11) is 0. The average molecular weight is 207 g/mol. The summed E-state index contributed by atoms with van der Waals surface area (Å²) in [6, 6.07) is 3.20. The Labute approximate surface area is 84.7 Å². The number of hydrogen-bond acceptors (Lipinski definition) is 7. The SMILES string of the molecule is Nc1nc(N)c2nc(OCO)ccc2n1. The number of pyridine rings is 1. The molecule has 0 saturated carbocycles. The maximum atomic E-state index is 8.56. The van der Waals surface area contributed by atoms with E-state index in [2.05, 4.69) is 15.0 Å². The van der Waals surface area contributed by atoms with E-state index in [4.69, 9.17) is 21.3 Å². The first-order chi connectivity index (χ1) is 7.20. The van der Waals surface area contributed by atoms with Crippen molar-refractivity contribution < 1.29 is 9.84 Å². The number of aliphatic hydroxyl groups excluding tert-OH is 1. The van der Waals surface area contributed by atoms with Gasteiger partial charge >= 0.3 is 0 Å². The highest BCUT2D eigenvalue weighted by Gasteiger charge is 2.06. The van der Waals surface area contributed by atoms with Gasteiger partial charge in [-0.2, -0.15) is 4.98 Å². The minimum Gasteiger partial charge on any atom is -0.451 e. The van der Waals surface area contributed by atoms with Crippen LogP contribution in [0.5, 0.6) is 5.88 Å². The van der Waals surface area contributed by atoms with Crippen molar-refractivity contribution in [1.29, 1.82) is 0 Å². The van der Waals surface area contributed by atoms with Crippen LogP contribution in [0, 0.1) is 0 Å². The van der Waals surface area contributed by atoms with Gasteiger partial charge in [-0.15, -0.1) is 0 Å². The molecule has 15 heavy (non-hydrogen) atoms. The fourth-order valence-electron chi connectivity index (χ4n) is 1.18. The number of hydrogen-bond donors (Lipinski definition) is 3. The van der Waals surface area contributed by atoms with Crippen molar-refractivity contribution in [2.75, 3.05) is 18.3 Å². The van der Waals surface area contributed by atoms with Crippen LogP contribution in [0.1, 0.15) is 0 Å². The quantitative estimate of drug-likeness (QED) is 0.568. The van der Waals surface area contributed by atoms with E-state index < -0.39 is 6.79 Å². The van der Waals surface area contributed by atoms with E-state index in [1.807, 2.05) is 0 Å². The van der Waals surface area contributed by atoms with Gasteiger partial charge in [-0.25, -0.2) is 9.97 Å². The molecule has 0 saturated heterocycles. The molecule has 0 amide bonds. The molecule has 2 rings (SSSR count). The monoisotopic (exact) mass is 207 g/mol. The summed E-state index contributed by atoms with van der Waals surface area (Å²) in [5.41, 5.74) is 12.0. The third kappa shape index (κ3) is 1.72. The highest BCUT2D eigenvalue weighted by Crippen LogP contribution is 2.19. The predicted octanol–water partition coefficient (Wildman–Crippen LogP) is -0.482. The van der Waals surface area contributed by atoms with Crippen molar-refractivity contribution in [3.05, 3.63) is 12.1 Å². The molecule has 0 aliphatic rings. The van der Waals surface area contributed by atoms with Crippen molar-refractivity contribution >= 4 is 22.8 Å². The van der Waals surface area contributed by atoms with Crippen LogP contribution in [0.2, 0.25) is 0 Å². The van der Waals surface area contributed by atoms with Crippen LogP contribution >= 0.6 is 0 Å². The second-order valence-electron chi connectivity index (χ2n) is 2.76. The molecule has 0 aliphatic heterocycles. The summed E-state index contributed by atoms with van der Waals surface area (Å²) in [5, 5.41) is 8.56. The lowest BCUT2D eigenvalue weighted by molar-refractivity contribution is 0.0945. The van der Waals surface area contributed by atoms with Crippen LogP contribution < -0.4 is 16.2 Å². The summed E-state index contributed by atoms with van der Waals surface area (Å²) in [5.74, 6) is 0.531. The molecule has 0 fully saturated rings. The third-order valence-corrected chi connectivity index (χ3v) is 1.77. The zero-order chi connectivity index (χ0) is 10.8. The van der Waals surface area contributed by atoms with Gasteiger partial charge in [0.2, 0.25) is 11.8 Å². The molecule has 0 bridgehead atoms. The number of anilines is 2. The Hall–Kier alpha value is -2.15. The number of nitrogens with two attached hydrogens (primary N) is 2. The molecule has 0 atom stereocenters. The third-order valence-electron chi connectivity index (χ3n) is 1.77. The normalized spacial score (nSPS) is 10.5. The lowest BCUT2D eigenvalue weighted by Crippen LogP contribution is -2.03. The Bertz CT molecular complexity index is 502. The number of ether oxygens (including phenoxy) is 1. The lowest BCUT2D eigenvalue weighted by Gasteiger charge is -2.04. The number of nitrogen functional groups attached to an aromatic ring is 2. The summed E-state index contributed by atoms with van der Waals surface area (Å²) in [6.45, 7) is -0.450. The first kappa shape index (κ1) is 9.41. The summed E-state index contributed by atoms with van der Waals surface area (Å²) in [4.78, 5) is 11.7. The molecule has 0 radical (unpaired) electrons. The largest absolute Gasteiger partial charge is 0.451 e. The van der Waals surface area contributed by atoms with Crippen LogP contribution in [0.3, 0.4) is 0 Å². The van der Waals surface area contributed by atoms with Crippen LogP contribution in [-0.4, -0.2) is 26.9 Å². The Morgan fingerprint density at radius 3 is 2.73 bits per heavy atom. The lowest BCUT2D eigenvalue weighted by atomic mass is 10.3. The van der Waals surface area contributed by atoms with E-state index in [1.54, 1.807) is 12.1 Å². The zero-order valence-corrected chi connectivity index (χ0v) is 7.71. The molecule has 7 nitrogen and oxygen atoms in total. The van der Waals surface area contributed by atoms with Crippen molar-refractivity contribution in [3.8, 4) is 5.88 Å². The molecule has 2 aromatic rings. The van der Waals surface area contributed by atoms with Crippen LogP contribution in [-0.2, 0) is 0 Å². The van der Waals surface area contributed by atoms with Gasteiger partial charge in [0.25, 0.3) is 0 Å². The zero-order valence-electron chi connectivity index (χ0n) is 7.71. The molecule has 78 valence electrons. The van der Waals surface area contributed by atoms with Crippen molar-refractivity contribution in [3.63, 3.8) is 0 Å². The van der Waals surface area contributed by atoms with E-state index in [-0.39, 0.29) is 17.6 Å². The Morgan fingerprint density at radius 2 is 2.00 bits per heavy atom. The number of nitrogens with zero attached hydrogens (tertiary/aromatic N) is 3. The topological polar surface area (TPSA) is 120 Å². The minimum atomic E-state index is -0.450. The highest BCUT2D eigenvalue weighted by molar-refractivity contribution is 5.85. The number of rotatable bonds is 2. The van der Waals surface area contributed by atoms with Gasteiger partial charge in [-0.3, -0.25) is 0 Å². The second kappa shape index (κ2) is 3.54. The van der Waals surface area contributed by atoms with E-state index in [9.17, 15) is 0 Å². The molecule has 5 N–H and O–H groups in total. The standard InChI is InChI=1S/C8H9N5O2/c9-7-6-4(11-8(10)13-7)1-2-5(12-6)15-3-14/h1-2,14H,3H2,(H4,9,10,11,13). The van der Waals surface area contributed by atoms with Crippen LogP contribution in [0.25, 0.3) is 11.0 Å². The van der Waals surface area contributed by atoms with Crippen molar-refractivity contribution in [1.82, 2.24) is 15.0 Å². The molecule has 0 spiro atoms.